The van der Waals surface area contributed by atoms with E-state index in [4.69, 9.17) is 4.74 Å². The average molecular weight is 315 g/mol. The number of amides is 2. The number of ether oxygens (including phenoxy) is 1. The van der Waals surface area contributed by atoms with Crippen molar-refractivity contribution < 1.29 is 19.1 Å². The van der Waals surface area contributed by atoms with E-state index in [9.17, 15) is 14.4 Å². The summed E-state index contributed by atoms with van der Waals surface area (Å²) in [5.41, 5.74) is 1.04. The van der Waals surface area contributed by atoms with Crippen LogP contribution in [-0.2, 0) is 20.7 Å². The van der Waals surface area contributed by atoms with Crippen molar-refractivity contribution in [2.75, 3.05) is 6.61 Å². The molecule has 0 aromatic heterocycles. The molecule has 1 aromatic carbocycles. The molecule has 23 heavy (non-hydrogen) atoms. The molecule has 5 nitrogen and oxygen atoms in total. The number of hydrogen-bond donors (Lipinski definition) is 0. The Morgan fingerprint density at radius 2 is 1.96 bits per heavy atom. The van der Waals surface area contributed by atoms with E-state index in [0.29, 0.717) is 18.8 Å². The number of rotatable bonds is 6. The number of nitrogens with zero attached hydrogens (tertiary/aromatic N) is 1. The third kappa shape index (κ3) is 3.60. The zero-order valence-electron chi connectivity index (χ0n) is 13.2. The third-order valence-corrected chi connectivity index (χ3v) is 4.57. The van der Waals surface area contributed by atoms with Gasteiger partial charge in [0.15, 0.2) is 0 Å². The second-order valence-electron chi connectivity index (χ2n) is 6.47. The van der Waals surface area contributed by atoms with Gasteiger partial charge in [0.05, 0.1) is 12.0 Å². The van der Waals surface area contributed by atoms with Crippen LogP contribution in [0.15, 0.2) is 30.3 Å². The van der Waals surface area contributed by atoms with Crippen molar-refractivity contribution in [2.45, 2.75) is 38.6 Å². The van der Waals surface area contributed by atoms with Crippen molar-refractivity contribution in [2.24, 2.45) is 11.8 Å². The molecule has 0 spiro atoms. The van der Waals surface area contributed by atoms with Gasteiger partial charge in [-0.2, -0.15) is 0 Å². The van der Waals surface area contributed by atoms with E-state index < -0.39 is 17.9 Å². The fourth-order valence-corrected chi connectivity index (χ4v) is 3.06. The fraction of sp³-hybridized carbons (Fsp3) is 0.500. The molecular formula is C18H21NO4. The first-order valence-corrected chi connectivity index (χ1v) is 8.10. The molecule has 0 N–H and O–H groups in total. The lowest BCUT2D eigenvalue weighted by molar-refractivity contribution is -0.139. The normalized spacial score (nSPS) is 21.9. The highest BCUT2D eigenvalue weighted by Gasteiger charge is 2.43. The van der Waals surface area contributed by atoms with Crippen LogP contribution in [0.1, 0.15) is 31.7 Å². The lowest BCUT2D eigenvalue weighted by Gasteiger charge is -2.23. The van der Waals surface area contributed by atoms with E-state index in [1.807, 2.05) is 30.3 Å². The fourth-order valence-electron chi connectivity index (χ4n) is 3.06. The van der Waals surface area contributed by atoms with Gasteiger partial charge in [0.2, 0.25) is 5.91 Å². The smallest absolute Gasteiger partial charge is 0.417 e. The summed E-state index contributed by atoms with van der Waals surface area (Å²) in [6.45, 7) is 1.62. The Hall–Kier alpha value is -2.17. The molecule has 2 atom stereocenters. The molecular weight excluding hydrogens is 294 g/mol. The minimum atomic E-state index is -0.716. The molecule has 2 aliphatic rings. The van der Waals surface area contributed by atoms with Crippen LogP contribution < -0.4 is 0 Å². The van der Waals surface area contributed by atoms with E-state index in [1.54, 1.807) is 0 Å². The quantitative estimate of drug-likeness (QED) is 0.757. The zero-order valence-corrected chi connectivity index (χ0v) is 13.2. The molecule has 0 bridgehead atoms. The van der Waals surface area contributed by atoms with Crippen LogP contribution >= 0.6 is 0 Å². The molecule has 1 saturated carbocycles. The highest BCUT2D eigenvalue weighted by molar-refractivity contribution is 6.06. The highest BCUT2D eigenvalue weighted by atomic mass is 16.6. The summed E-state index contributed by atoms with van der Waals surface area (Å²) in [6.07, 6.45) is 2.60. The molecule has 5 heteroatoms. The Bertz CT molecular complexity index is 609. The Labute approximate surface area is 135 Å². The lowest BCUT2D eigenvalue weighted by atomic mass is 9.95. The van der Waals surface area contributed by atoms with Gasteiger partial charge in [-0.1, -0.05) is 43.2 Å². The molecule has 0 unspecified atom stereocenters. The Kier molecular flexibility index (Phi) is 4.46. The Balaban J connectivity index is 1.75. The molecule has 122 valence electrons. The average Bonchev–Trinajstić information content (AvgIpc) is 3.28. The van der Waals surface area contributed by atoms with Crippen molar-refractivity contribution in [3.63, 3.8) is 0 Å². The number of carbonyl (C=O) groups excluding carboxylic acids is 3. The standard InChI is InChI=1S/C18H21NO4/c1-12(20)16(10-14-7-8-14)17(21)19-15(11-23-18(19)22)9-13-5-3-2-4-6-13/h2-6,14-16H,7-11H2,1H3/t15-,16-/m0/s1. The van der Waals surface area contributed by atoms with Crippen molar-refractivity contribution in [1.29, 1.82) is 0 Å². The number of imide groups is 1. The minimum absolute atomic E-state index is 0.167. The Morgan fingerprint density at radius 3 is 2.57 bits per heavy atom. The van der Waals surface area contributed by atoms with E-state index in [2.05, 4.69) is 0 Å². The van der Waals surface area contributed by atoms with Crippen molar-refractivity contribution in [1.82, 2.24) is 4.90 Å². The summed E-state index contributed by atoms with van der Waals surface area (Å²) in [4.78, 5) is 37.8. The van der Waals surface area contributed by atoms with Crippen LogP contribution in [0.5, 0.6) is 0 Å². The molecule has 3 rings (SSSR count). The van der Waals surface area contributed by atoms with Crippen molar-refractivity contribution >= 4 is 17.8 Å². The number of hydrogen-bond acceptors (Lipinski definition) is 4. The van der Waals surface area contributed by atoms with Gasteiger partial charge in [-0.15, -0.1) is 0 Å². The van der Waals surface area contributed by atoms with Crippen LogP contribution in [0.4, 0.5) is 4.79 Å². The number of cyclic esters (lactones) is 1. The van der Waals surface area contributed by atoms with Gasteiger partial charge in [-0.25, -0.2) is 9.69 Å². The topological polar surface area (TPSA) is 63.7 Å². The molecule has 2 fully saturated rings. The molecule has 1 heterocycles. The maximum atomic E-state index is 12.8. The SMILES string of the molecule is CC(=O)[C@H](CC1CC1)C(=O)N1C(=O)OC[C@@H]1Cc1ccccc1. The first-order valence-electron chi connectivity index (χ1n) is 8.10. The third-order valence-electron chi connectivity index (χ3n) is 4.57. The van der Waals surface area contributed by atoms with Gasteiger partial charge in [0.1, 0.15) is 12.4 Å². The van der Waals surface area contributed by atoms with E-state index in [0.717, 1.165) is 18.4 Å². The van der Waals surface area contributed by atoms with Crippen LogP contribution in [0.2, 0.25) is 0 Å². The second-order valence-corrected chi connectivity index (χ2v) is 6.47. The van der Waals surface area contributed by atoms with Crippen LogP contribution in [0.3, 0.4) is 0 Å². The second kappa shape index (κ2) is 6.52. The number of ketones is 1. The number of benzene rings is 1. The van der Waals surface area contributed by atoms with Crippen molar-refractivity contribution in [3.05, 3.63) is 35.9 Å². The van der Waals surface area contributed by atoms with Gasteiger partial charge >= 0.3 is 6.09 Å². The molecule has 1 saturated heterocycles. The predicted octanol–water partition coefficient (Wildman–Crippen LogP) is 2.58. The lowest BCUT2D eigenvalue weighted by Crippen LogP contribution is -2.45. The maximum Gasteiger partial charge on any atom is 0.417 e. The summed E-state index contributed by atoms with van der Waals surface area (Å²) >= 11 is 0. The summed E-state index contributed by atoms with van der Waals surface area (Å²) in [7, 11) is 0. The minimum Gasteiger partial charge on any atom is -0.447 e. The first kappa shape index (κ1) is 15.7. The van der Waals surface area contributed by atoms with Crippen molar-refractivity contribution in [3.8, 4) is 0 Å². The molecule has 1 aliphatic heterocycles. The van der Waals surface area contributed by atoms with Gasteiger partial charge in [0, 0.05) is 0 Å². The Morgan fingerprint density at radius 1 is 1.26 bits per heavy atom. The summed E-state index contributed by atoms with van der Waals surface area (Å²) in [5.74, 6) is -0.835. The van der Waals surface area contributed by atoms with Crippen LogP contribution in [0, 0.1) is 11.8 Å². The van der Waals surface area contributed by atoms with E-state index >= 15 is 0 Å². The summed E-state index contributed by atoms with van der Waals surface area (Å²) in [6, 6.07) is 9.34. The monoisotopic (exact) mass is 315 g/mol. The van der Waals surface area contributed by atoms with Gasteiger partial charge in [-0.3, -0.25) is 9.59 Å². The summed E-state index contributed by atoms with van der Waals surface area (Å²) in [5, 5.41) is 0. The predicted molar refractivity (Wildman–Crippen MR) is 83.6 cm³/mol. The van der Waals surface area contributed by atoms with Gasteiger partial charge in [0.25, 0.3) is 0 Å². The molecule has 0 radical (unpaired) electrons. The first-order chi connectivity index (χ1) is 11.1. The van der Waals surface area contributed by atoms with Crippen LogP contribution in [0.25, 0.3) is 0 Å². The highest BCUT2D eigenvalue weighted by Crippen LogP contribution is 2.36. The molecule has 2 amide bonds. The molecule has 1 aromatic rings. The number of Topliss-reactive ketones (excluding diaryl/α,β-unsaturated/α-hetero) is 1. The van der Waals surface area contributed by atoms with E-state index in [1.165, 1.54) is 11.8 Å². The largest absolute Gasteiger partial charge is 0.447 e. The van der Waals surface area contributed by atoms with Crippen LogP contribution in [-0.4, -0.2) is 35.3 Å². The summed E-state index contributed by atoms with van der Waals surface area (Å²) < 4.78 is 5.08. The van der Waals surface area contributed by atoms with E-state index in [-0.39, 0.29) is 18.4 Å². The van der Waals surface area contributed by atoms with Gasteiger partial charge < -0.3 is 4.74 Å². The van der Waals surface area contributed by atoms with Gasteiger partial charge in [-0.05, 0) is 31.2 Å². The molecule has 1 aliphatic carbocycles. The number of carbonyl (C=O) groups is 3. The zero-order chi connectivity index (χ0) is 16.4. The maximum absolute atomic E-state index is 12.8.